The minimum absolute atomic E-state index is 0.314. The molecule has 0 fully saturated rings. The number of nitrogens with zero attached hydrogens (tertiary/aromatic N) is 1. The second kappa shape index (κ2) is 5.59. The van der Waals surface area contributed by atoms with Crippen molar-refractivity contribution >= 4 is 48.9 Å². The van der Waals surface area contributed by atoms with E-state index in [2.05, 4.69) is 37.2 Å². The maximum atomic E-state index is 13.5. The average Bonchev–Trinajstić information content (AvgIpc) is 2.38. The molecule has 0 atom stereocenters. The molecule has 2 aromatic carbocycles. The average molecular weight is 385 g/mol. The molecule has 2 aromatic rings. The number of nitrogens with two attached hydrogens (primary N) is 1. The van der Waals surface area contributed by atoms with Crippen LogP contribution in [0, 0.1) is 17.1 Å². The normalized spacial score (nSPS) is 10.0. The quantitative estimate of drug-likeness (QED) is 0.746. The number of anilines is 3. The van der Waals surface area contributed by atoms with E-state index in [1.807, 2.05) is 6.07 Å². The Labute approximate surface area is 126 Å². The Hall–Kier alpha value is -1.58. The second-order valence-corrected chi connectivity index (χ2v) is 5.49. The van der Waals surface area contributed by atoms with Crippen LogP contribution in [0.25, 0.3) is 0 Å². The van der Waals surface area contributed by atoms with Crippen LogP contribution in [0.15, 0.2) is 39.3 Å². The molecule has 2 rings (SSSR count). The molecule has 0 spiro atoms. The summed E-state index contributed by atoms with van der Waals surface area (Å²) in [5, 5.41) is 11.8. The van der Waals surface area contributed by atoms with Crippen LogP contribution in [-0.2, 0) is 0 Å². The van der Waals surface area contributed by atoms with Gasteiger partial charge in [0.1, 0.15) is 5.82 Å². The SMILES string of the molecule is N#Cc1ccc(Nc2cc(F)c(Br)cc2N)c(Br)c1. The van der Waals surface area contributed by atoms with Crippen molar-refractivity contribution in [2.24, 2.45) is 0 Å². The Bertz CT molecular complexity index is 680. The predicted molar refractivity (Wildman–Crippen MR) is 80.7 cm³/mol. The minimum atomic E-state index is -0.401. The zero-order valence-corrected chi connectivity index (χ0v) is 12.7. The third-order valence-electron chi connectivity index (χ3n) is 2.46. The molecular formula is C13H8Br2FN3. The summed E-state index contributed by atoms with van der Waals surface area (Å²) in [6, 6.07) is 9.91. The van der Waals surface area contributed by atoms with Gasteiger partial charge in [-0.3, -0.25) is 0 Å². The Morgan fingerprint density at radius 3 is 2.47 bits per heavy atom. The molecule has 0 aliphatic carbocycles. The van der Waals surface area contributed by atoms with Gasteiger partial charge in [-0.1, -0.05) is 0 Å². The van der Waals surface area contributed by atoms with Crippen LogP contribution in [0.4, 0.5) is 21.5 Å². The first-order valence-corrected chi connectivity index (χ1v) is 6.81. The molecule has 3 nitrogen and oxygen atoms in total. The lowest BCUT2D eigenvalue weighted by Gasteiger charge is -2.12. The van der Waals surface area contributed by atoms with Crippen LogP contribution in [-0.4, -0.2) is 0 Å². The molecule has 0 saturated carbocycles. The van der Waals surface area contributed by atoms with E-state index in [-0.39, 0.29) is 0 Å². The largest absolute Gasteiger partial charge is 0.397 e. The standard InChI is InChI=1S/C13H8Br2FN3/c14-8-4-11(18)13(5-10(8)16)19-12-2-1-7(6-17)3-9(12)15/h1-5,19H,18H2. The van der Waals surface area contributed by atoms with E-state index in [0.717, 1.165) is 0 Å². The number of nitrogens with one attached hydrogen (secondary N) is 1. The lowest BCUT2D eigenvalue weighted by atomic mass is 10.2. The number of nitrogen functional groups attached to an aromatic ring is 1. The van der Waals surface area contributed by atoms with Gasteiger partial charge in [-0.2, -0.15) is 5.26 Å². The zero-order valence-electron chi connectivity index (χ0n) is 9.55. The third-order valence-corrected chi connectivity index (χ3v) is 3.72. The summed E-state index contributed by atoms with van der Waals surface area (Å²) in [7, 11) is 0. The highest BCUT2D eigenvalue weighted by Crippen LogP contribution is 2.32. The van der Waals surface area contributed by atoms with Crippen LogP contribution >= 0.6 is 31.9 Å². The summed E-state index contributed by atoms with van der Waals surface area (Å²) in [5.74, 6) is -0.401. The van der Waals surface area contributed by atoms with Gasteiger partial charge in [0, 0.05) is 10.5 Å². The molecule has 3 N–H and O–H groups in total. The summed E-state index contributed by atoms with van der Waals surface area (Å²) in [4.78, 5) is 0. The van der Waals surface area contributed by atoms with E-state index < -0.39 is 5.82 Å². The summed E-state index contributed by atoms with van der Waals surface area (Å²) in [5.41, 5.74) is 7.94. The molecule has 19 heavy (non-hydrogen) atoms. The van der Waals surface area contributed by atoms with Crippen LogP contribution in [0.3, 0.4) is 0 Å². The minimum Gasteiger partial charge on any atom is -0.397 e. The van der Waals surface area contributed by atoms with Gasteiger partial charge in [-0.05, 0) is 56.1 Å². The molecule has 0 unspecified atom stereocenters. The molecule has 0 saturated heterocycles. The Morgan fingerprint density at radius 1 is 1.11 bits per heavy atom. The zero-order chi connectivity index (χ0) is 14.0. The highest BCUT2D eigenvalue weighted by Gasteiger charge is 2.08. The molecular weight excluding hydrogens is 377 g/mol. The third kappa shape index (κ3) is 3.06. The predicted octanol–water partition coefficient (Wildman–Crippen LogP) is 4.55. The molecule has 0 aliphatic heterocycles. The summed E-state index contributed by atoms with van der Waals surface area (Å²) >= 11 is 6.42. The second-order valence-electron chi connectivity index (χ2n) is 3.78. The van der Waals surface area contributed by atoms with E-state index in [0.29, 0.717) is 31.6 Å². The van der Waals surface area contributed by atoms with Gasteiger partial charge in [-0.25, -0.2) is 4.39 Å². The maximum absolute atomic E-state index is 13.5. The topological polar surface area (TPSA) is 61.8 Å². The van der Waals surface area contributed by atoms with Crippen molar-refractivity contribution in [3.05, 3.63) is 50.7 Å². The van der Waals surface area contributed by atoms with Crippen molar-refractivity contribution in [3.8, 4) is 6.07 Å². The van der Waals surface area contributed by atoms with E-state index in [1.54, 1.807) is 18.2 Å². The molecule has 96 valence electrons. The van der Waals surface area contributed by atoms with Crippen LogP contribution in [0.5, 0.6) is 0 Å². The monoisotopic (exact) mass is 383 g/mol. The fourth-order valence-electron chi connectivity index (χ4n) is 1.50. The molecule has 0 amide bonds. The van der Waals surface area contributed by atoms with E-state index in [1.165, 1.54) is 12.1 Å². The van der Waals surface area contributed by atoms with Gasteiger partial charge in [0.05, 0.1) is 33.2 Å². The highest BCUT2D eigenvalue weighted by molar-refractivity contribution is 9.10. The lowest BCUT2D eigenvalue weighted by Crippen LogP contribution is -1.98. The van der Waals surface area contributed by atoms with Crippen molar-refractivity contribution in [2.45, 2.75) is 0 Å². The fraction of sp³-hybridized carbons (Fsp3) is 0. The van der Waals surface area contributed by atoms with Crippen molar-refractivity contribution < 1.29 is 4.39 Å². The summed E-state index contributed by atoms with van der Waals surface area (Å²) in [6.07, 6.45) is 0. The molecule has 0 heterocycles. The van der Waals surface area contributed by atoms with Gasteiger partial charge in [0.15, 0.2) is 0 Å². The van der Waals surface area contributed by atoms with Gasteiger partial charge < -0.3 is 11.1 Å². The van der Waals surface area contributed by atoms with Crippen molar-refractivity contribution in [3.63, 3.8) is 0 Å². The Kier molecular flexibility index (Phi) is 4.08. The first-order chi connectivity index (χ1) is 9.01. The van der Waals surface area contributed by atoms with Gasteiger partial charge in [0.25, 0.3) is 0 Å². The smallest absolute Gasteiger partial charge is 0.139 e. The molecule has 6 heteroatoms. The fourth-order valence-corrected chi connectivity index (χ4v) is 2.34. The van der Waals surface area contributed by atoms with E-state index in [4.69, 9.17) is 11.0 Å². The van der Waals surface area contributed by atoms with E-state index in [9.17, 15) is 4.39 Å². The lowest BCUT2D eigenvalue weighted by molar-refractivity contribution is 0.622. The maximum Gasteiger partial charge on any atom is 0.139 e. The highest BCUT2D eigenvalue weighted by atomic mass is 79.9. The van der Waals surface area contributed by atoms with Crippen molar-refractivity contribution in [1.82, 2.24) is 0 Å². The first-order valence-electron chi connectivity index (χ1n) is 5.22. The summed E-state index contributed by atoms with van der Waals surface area (Å²) < 4.78 is 14.5. The van der Waals surface area contributed by atoms with Crippen LogP contribution < -0.4 is 11.1 Å². The number of hydrogen-bond acceptors (Lipinski definition) is 3. The molecule has 0 radical (unpaired) electrons. The number of halogens is 3. The Balaban J connectivity index is 2.37. The van der Waals surface area contributed by atoms with Crippen LogP contribution in [0.2, 0.25) is 0 Å². The van der Waals surface area contributed by atoms with Gasteiger partial charge in [-0.15, -0.1) is 0 Å². The van der Waals surface area contributed by atoms with Crippen molar-refractivity contribution in [1.29, 1.82) is 5.26 Å². The van der Waals surface area contributed by atoms with Gasteiger partial charge in [0.2, 0.25) is 0 Å². The van der Waals surface area contributed by atoms with Gasteiger partial charge >= 0.3 is 0 Å². The first kappa shape index (κ1) is 13.8. The van der Waals surface area contributed by atoms with Crippen LogP contribution in [0.1, 0.15) is 5.56 Å². The molecule has 0 aliphatic rings. The summed E-state index contributed by atoms with van der Waals surface area (Å²) in [6.45, 7) is 0. The molecule has 0 bridgehead atoms. The number of nitriles is 1. The number of rotatable bonds is 2. The van der Waals surface area contributed by atoms with E-state index >= 15 is 0 Å². The molecule has 0 aromatic heterocycles. The Morgan fingerprint density at radius 2 is 1.84 bits per heavy atom. The van der Waals surface area contributed by atoms with Crippen molar-refractivity contribution in [2.75, 3.05) is 11.1 Å². The number of hydrogen-bond donors (Lipinski definition) is 2. The number of benzene rings is 2.